The molecule has 68 heavy (non-hydrogen) atoms. The maximum atomic E-state index is 14.4. The van der Waals surface area contributed by atoms with Crippen molar-refractivity contribution in [3.05, 3.63) is 137 Å². The van der Waals surface area contributed by atoms with Crippen LogP contribution in [0.4, 0.5) is 0 Å². The Balaban J connectivity index is 0.855. The van der Waals surface area contributed by atoms with Gasteiger partial charge >= 0.3 is 5.97 Å². The summed E-state index contributed by atoms with van der Waals surface area (Å²) in [5, 5.41) is 22.1. The minimum atomic E-state index is -1.31. The van der Waals surface area contributed by atoms with Gasteiger partial charge in [-0.1, -0.05) is 97.9 Å². The van der Waals surface area contributed by atoms with Crippen LogP contribution in [-0.2, 0) is 24.0 Å². The van der Waals surface area contributed by atoms with E-state index in [4.69, 9.17) is 4.74 Å². The Morgan fingerprint density at radius 2 is 0.882 bits per heavy atom. The molecule has 5 N–H and O–H groups in total. The number of ether oxygens (including phenoxy) is 1. The molecule has 0 aromatic heterocycles. The van der Waals surface area contributed by atoms with Gasteiger partial charge < -0.3 is 40.9 Å². The Kier molecular flexibility index (Phi) is 12.2. The predicted molar refractivity (Wildman–Crippen MR) is 248 cm³/mol. The number of benzene rings is 4. The normalized spacial score (nSPS) is 29.5. The van der Waals surface area contributed by atoms with Crippen LogP contribution in [-0.4, -0.2) is 113 Å². The Bertz CT molecular complexity index is 2540. The summed E-state index contributed by atoms with van der Waals surface area (Å²) in [5.41, 5.74) is 3.37. The van der Waals surface area contributed by atoms with Gasteiger partial charge in [0, 0.05) is 73.7 Å². The first-order chi connectivity index (χ1) is 32.9. The number of nitrogens with zero attached hydrogens (tertiary/aromatic N) is 2. The van der Waals surface area contributed by atoms with E-state index in [0.717, 1.165) is 42.4 Å². The zero-order valence-electron chi connectivity index (χ0n) is 37.8. The summed E-state index contributed by atoms with van der Waals surface area (Å²) < 4.78 is 5.68. The quantitative estimate of drug-likeness (QED) is 0.110. The molecule has 15 nitrogen and oxygen atoms in total. The van der Waals surface area contributed by atoms with Crippen LogP contribution in [0.3, 0.4) is 0 Å². The van der Waals surface area contributed by atoms with E-state index in [1.807, 2.05) is 97.9 Å². The van der Waals surface area contributed by atoms with Crippen LogP contribution in [0.15, 0.2) is 109 Å². The maximum absolute atomic E-state index is 14.4. The van der Waals surface area contributed by atoms with Crippen LogP contribution in [0.1, 0.15) is 87.8 Å². The molecule has 15 heteroatoms. The second-order valence-corrected chi connectivity index (χ2v) is 19.7. The van der Waals surface area contributed by atoms with Gasteiger partial charge in [-0.2, -0.15) is 0 Å². The van der Waals surface area contributed by atoms with E-state index in [2.05, 4.69) is 21.3 Å². The van der Waals surface area contributed by atoms with Gasteiger partial charge in [-0.05, 0) is 66.5 Å². The zero-order valence-corrected chi connectivity index (χ0v) is 37.8. The topological polar surface area (TPSA) is 204 Å². The van der Waals surface area contributed by atoms with Crippen LogP contribution >= 0.6 is 0 Å². The van der Waals surface area contributed by atoms with Crippen molar-refractivity contribution in [3.63, 3.8) is 0 Å². The lowest BCUT2D eigenvalue weighted by Crippen LogP contribution is -2.43. The highest BCUT2D eigenvalue weighted by atomic mass is 16.5. The van der Waals surface area contributed by atoms with E-state index >= 15 is 0 Å². The van der Waals surface area contributed by atoms with E-state index in [-0.39, 0.29) is 109 Å². The first kappa shape index (κ1) is 44.8. The molecule has 2 saturated heterocycles. The van der Waals surface area contributed by atoms with Crippen LogP contribution in [0.2, 0.25) is 0 Å². The van der Waals surface area contributed by atoms with Crippen LogP contribution in [0.25, 0.3) is 0 Å². The molecule has 10 rings (SSSR count). The number of hydrogen-bond donors (Lipinski definition) is 5. The maximum Gasteiger partial charge on any atom is 0.341 e. The van der Waals surface area contributed by atoms with Gasteiger partial charge in [-0.25, -0.2) is 4.79 Å². The average Bonchev–Trinajstić information content (AvgIpc) is 4.31. The van der Waals surface area contributed by atoms with Crippen molar-refractivity contribution in [2.75, 3.05) is 32.8 Å². The number of carbonyl (C=O) groups excluding carboxylic acids is 6. The molecule has 2 aliphatic heterocycles. The Morgan fingerprint density at radius 1 is 0.515 bits per heavy atom. The van der Waals surface area contributed by atoms with Crippen molar-refractivity contribution >= 4 is 41.4 Å². The molecule has 0 spiro atoms. The summed E-state index contributed by atoms with van der Waals surface area (Å²) in [7, 11) is 0. The molecule has 4 saturated carbocycles. The molecule has 0 radical (unpaired) electrons. The number of amides is 6. The molecule has 0 bridgehead atoms. The largest absolute Gasteiger partial charge is 0.481 e. The zero-order chi connectivity index (χ0) is 47.2. The fourth-order valence-electron chi connectivity index (χ4n) is 10.4. The SMILES string of the molecule is CC1C[C@@H]1NC(=O)[C@@H]1CN(C(=O)c2ccc(C(=O)N3C[C@@H](C(=O)N[C@H]4C[C@@H]4c4ccccc4)[C@H](C(=O)N[C@H]4C[C@@H]4c4ccccc4)C3)cc2OCC(=O)O)C[C@H]1C(=O)N[C@H]1C[C@@H]1c1ccccc1. The van der Waals surface area contributed by atoms with Gasteiger partial charge in [0.15, 0.2) is 6.61 Å². The van der Waals surface area contributed by atoms with E-state index < -0.39 is 48.1 Å². The Hall–Kier alpha value is -7.03. The highest BCUT2D eigenvalue weighted by Crippen LogP contribution is 2.44. The van der Waals surface area contributed by atoms with Crippen molar-refractivity contribution in [2.45, 2.75) is 74.5 Å². The molecule has 2 heterocycles. The molecular formula is C53H56N6O9. The number of carbonyl (C=O) groups is 7. The van der Waals surface area contributed by atoms with Crippen molar-refractivity contribution in [1.29, 1.82) is 0 Å². The lowest BCUT2D eigenvalue weighted by Gasteiger charge is -2.20. The van der Waals surface area contributed by atoms with Gasteiger partial charge in [-0.3, -0.25) is 28.8 Å². The second kappa shape index (κ2) is 18.6. The van der Waals surface area contributed by atoms with Crippen molar-refractivity contribution in [3.8, 4) is 5.75 Å². The molecule has 4 aromatic carbocycles. The second-order valence-electron chi connectivity index (χ2n) is 19.7. The monoisotopic (exact) mass is 920 g/mol. The number of rotatable bonds is 16. The molecule has 6 aliphatic rings. The summed E-state index contributed by atoms with van der Waals surface area (Å²) in [4.78, 5) is 99.3. The number of likely N-dealkylation sites (tertiary alicyclic amines) is 2. The lowest BCUT2D eigenvalue weighted by molar-refractivity contribution is -0.139. The average molecular weight is 921 g/mol. The van der Waals surface area contributed by atoms with Crippen LogP contribution < -0.4 is 26.0 Å². The van der Waals surface area contributed by atoms with E-state index in [9.17, 15) is 38.7 Å². The van der Waals surface area contributed by atoms with Crippen LogP contribution in [0.5, 0.6) is 5.75 Å². The van der Waals surface area contributed by atoms with Gasteiger partial charge in [0.2, 0.25) is 23.6 Å². The minimum absolute atomic E-state index is 0.00304. The lowest BCUT2D eigenvalue weighted by atomic mass is 9.94. The first-order valence-electron chi connectivity index (χ1n) is 23.8. The van der Waals surface area contributed by atoms with E-state index in [1.54, 1.807) is 0 Å². The summed E-state index contributed by atoms with van der Waals surface area (Å²) in [6, 6.07) is 33.5. The summed E-state index contributed by atoms with van der Waals surface area (Å²) in [6.07, 6.45) is 3.13. The molecule has 4 aromatic rings. The molecule has 12 atom stereocenters. The third kappa shape index (κ3) is 9.70. The van der Waals surface area contributed by atoms with Gasteiger partial charge in [0.1, 0.15) is 5.75 Å². The standard InChI is InChI=1S/C53H56N6O9/c1-29-19-42(29)54-48(62)40-26-59(27-41(40)51(65)57-45-23-37(45)32-15-9-4-10-16-32)53(67)34-18-17-33(20-46(34)68-28-47(60)61)52(66)58-24-38(49(63)55-43-21-35(43)30-11-5-2-6-12-30)39(25-58)50(64)56-44-22-36(44)31-13-7-3-8-14-31/h2-18,20,29,35-45H,19,21-28H2,1H3,(H,54,62)(H,55,63)(H,56,64)(H,57,65)(H,60,61)/t29?,35-,36-,37-,38-,39-,40-,41-,42+,43+,44+,45+/m1/s1. The Labute approximate surface area is 394 Å². The van der Waals surface area contributed by atoms with Crippen molar-refractivity contribution < 1.29 is 43.4 Å². The smallest absolute Gasteiger partial charge is 0.341 e. The fraction of sp³-hybridized carbons (Fsp3) is 0.415. The number of nitrogens with one attached hydrogen (secondary N) is 4. The summed E-state index contributed by atoms with van der Waals surface area (Å²) in [6.45, 7) is 1.00. The van der Waals surface area contributed by atoms with E-state index in [0.29, 0.717) is 5.92 Å². The molecule has 352 valence electrons. The molecular weight excluding hydrogens is 865 g/mol. The predicted octanol–water partition coefficient (Wildman–Crippen LogP) is 4.07. The highest BCUT2D eigenvalue weighted by Gasteiger charge is 2.51. The van der Waals surface area contributed by atoms with Crippen molar-refractivity contribution in [1.82, 2.24) is 31.1 Å². The highest BCUT2D eigenvalue weighted by molar-refractivity contribution is 6.02. The fourth-order valence-corrected chi connectivity index (χ4v) is 10.4. The Morgan fingerprint density at radius 3 is 1.25 bits per heavy atom. The van der Waals surface area contributed by atoms with Crippen molar-refractivity contribution in [2.24, 2.45) is 29.6 Å². The van der Waals surface area contributed by atoms with E-state index in [1.165, 1.54) is 28.0 Å². The summed E-state index contributed by atoms with van der Waals surface area (Å²) >= 11 is 0. The molecule has 6 fully saturated rings. The first-order valence-corrected chi connectivity index (χ1v) is 23.8. The van der Waals surface area contributed by atoms with Gasteiger partial charge in [0.05, 0.1) is 29.2 Å². The molecule has 4 aliphatic carbocycles. The van der Waals surface area contributed by atoms with Gasteiger partial charge in [0.25, 0.3) is 11.8 Å². The number of aliphatic carboxylic acids is 1. The van der Waals surface area contributed by atoms with Crippen LogP contribution in [0, 0.1) is 29.6 Å². The summed E-state index contributed by atoms with van der Waals surface area (Å²) in [5.74, 6) is -6.41. The number of carboxylic acid groups (broad SMARTS) is 1. The molecule has 1 unspecified atom stereocenters. The minimum Gasteiger partial charge on any atom is -0.481 e. The number of carboxylic acids is 1. The molecule has 6 amide bonds. The third-order valence-electron chi connectivity index (χ3n) is 14.8. The number of hydrogen-bond acceptors (Lipinski definition) is 8. The third-order valence-corrected chi connectivity index (χ3v) is 14.8. The van der Waals surface area contributed by atoms with Gasteiger partial charge in [-0.15, -0.1) is 0 Å².